The first-order valence-corrected chi connectivity index (χ1v) is 16.2. The van der Waals surface area contributed by atoms with E-state index in [1.807, 2.05) is 0 Å². The summed E-state index contributed by atoms with van der Waals surface area (Å²) in [4.78, 5) is 24.6. The molecule has 1 rings (SSSR count). The molecule has 0 bridgehead atoms. The van der Waals surface area contributed by atoms with Gasteiger partial charge < -0.3 is 38.8 Å². The second kappa shape index (κ2) is 23.1. The molecule has 41 heavy (non-hydrogen) atoms. The third-order valence-electron chi connectivity index (χ3n) is 6.68. The SMILES string of the molecule is CCCCCCCCC(=O)OCC(CO[C@H]1O[C@H](CS(=O)(=O)[O-])[C@@H](O)[C@H](O)[C@H]1O)OC(=O)CCCCCCCC.[Na+]. The van der Waals surface area contributed by atoms with Crippen molar-refractivity contribution in [1.82, 2.24) is 0 Å². The van der Waals surface area contributed by atoms with Crippen LogP contribution in [0, 0.1) is 0 Å². The van der Waals surface area contributed by atoms with Crippen LogP contribution in [0.3, 0.4) is 0 Å². The third kappa shape index (κ3) is 18.8. The minimum absolute atomic E-state index is 0. The van der Waals surface area contributed by atoms with Crippen molar-refractivity contribution in [3.63, 3.8) is 0 Å². The third-order valence-corrected chi connectivity index (χ3v) is 7.42. The molecule has 6 atom stereocenters. The first-order chi connectivity index (χ1) is 19.0. The van der Waals surface area contributed by atoms with Gasteiger partial charge in [-0.3, -0.25) is 9.59 Å². The number of ether oxygens (including phenoxy) is 4. The van der Waals surface area contributed by atoms with Crippen molar-refractivity contribution >= 4 is 22.1 Å². The normalized spacial score (nSPS) is 23.4. The summed E-state index contributed by atoms with van der Waals surface area (Å²) in [5, 5.41) is 30.3. The zero-order valence-electron chi connectivity index (χ0n) is 24.9. The standard InChI is InChI=1S/C27H50O12S.Na/c1-3-5-7-9-11-13-15-22(28)36-17-20(38-23(29)16-14-12-10-8-6-4-2)18-37-27-26(32)25(31)24(30)21(39-27)19-40(33,34)35;/h20-21,24-27,30-32H,3-19H2,1-2H3,(H,33,34,35);/q;+1/p-1/t20?,21-,24-,25+,26-,27+;/m1./s1. The molecule has 14 heteroatoms. The predicted molar refractivity (Wildman–Crippen MR) is 144 cm³/mol. The first kappa shape index (κ1) is 40.6. The van der Waals surface area contributed by atoms with Gasteiger partial charge in [0.05, 0.1) is 22.5 Å². The van der Waals surface area contributed by atoms with E-state index in [0.717, 1.165) is 64.2 Å². The molecule has 1 heterocycles. The van der Waals surface area contributed by atoms with Crippen LogP contribution in [0.15, 0.2) is 0 Å². The van der Waals surface area contributed by atoms with E-state index < -0.39 is 71.2 Å². The van der Waals surface area contributed by atoms with Crippen LogP contribution >= 0.6 is 0 Å². The van der Waals surface area contributed by atoms with Gasteiger partial charge in [0.25, 0.3) is 0 Å². The van der Waals surface area contributed by atoms with E-state index in [1.54, 1.807) is 0 Å². The second-order valence-corrected chi connectivity index (χ2v) is 11.9. The van der Waals surface area contributed by atoms with Crippen LogP contribution in [-0.2, 0) is 38.7 Å². The molecule has 0 spiro atoms. The molecule has 0 aliphatic carbocycles. The molecular weight excluding hydrogens is 571 g/mol. The fourth-order valence-corrected chi connectivity index (χ4v) is 4.99. The van der Waals surface area contributed by atoms with Gasteiger partial charge in [0.15, 0.2) is 12.4 Å². The van der Waals surface area contributed by atoms with E-state index in [1.165, 1.54) is 0 Å². The maximum Gasteiger partial charge on any atom is 1.00 e. The van der Waals surface area contributed by atoms with Gasteiger partial charge >= 0.3 is 41.5 Å². The van der Waals surface area contributed by atoms with Crippen molar-refractivity contribution in [2.45, 2.75) is 141 Å². The number of hydrogen-bond acceptors (Lipinski definition) is 12. The van der Waals surface area contributed by atoms with Gasteiger partial charge in [-0.1, -0.05) is 78.1 Å². The predicted octanol–water partition coefficient (Wildman–Crippen LogP) is -0.684. The van der Waals surface area contributed by atoms with E-state index in [2.05, 4.69) is 13.8 Å². The van der Waals surface area contributed by atoms with Gasteiger partial charge in [-0.2, -0.15) is 0 Å². The van der Waals surface area contributed by atoms with Crippen molar-refractivity contribution in [2.75, 3.05) is 19.0 Å². The Hall–Kier alpha value is -0.350. The van der Waals surface area contributed by atoms with E-state index in [9.17, 15) is 37.9 Å². The number of rotatable bonds is 22. The fraction of sp³-hybridized carbons (Fsp3) is 0.926. The molecule has 1 unspecified atom stereocenters. The van der Waals surface area contributed by atoms with Gasteiger partial charge in [0, 0.05) is 12.8 Å². The fourth-order valence-electron chi connectivity index (χ4n) is 4.31. The summed E-state index contributed by atoms with van der Waals surface area (Å²) >= 11 is 0. The number of unbranched alkanes of at least 4 members (excludes halogenated alkanes) is 10. The summed E-state index contributed by atoms with van der Waals surface area (Å²) in [5.41, 5.74) is 0. The molecule has 0 radical (unpaired) electrons. The Labute approximate surface area is 266 Å². The molecule has 0 aromatic heterocycles. The smallest absolute Gasteiger partial charge is 0.748 e. The largest absolute Gasteiger partial charge is 1.00 e. The Morgan fingerprint density at radius 1 is 0.780 bits per heavy atom. The molecule has 1 aliphatic rings. The summed E-state index contributed by atoms with van der Waals surface area (Å²) in [7, 11) is -4.83. The Balaban J connectivity index is 0.0000160. The molecule has 1 saturated heterocycles. The molecule has 236 valence electrons. The van der Waals surface area contributed by atoms with Gasteiger partial charge in [0.2, 0.25) is 0 Å². The number of hydrogen-bond donors (Lipinski definition) is 3. The Morgan fingerprint density at radius 2 is 1.29 bits per heavy atom. The van der Waals surface area contributed by atoms with E-state index in [4.69, 9.17) is 18.9 Å². The van der Waals surface area contributed by atoms with Crippen LogP contribution in [-0.4, -0.2) is 96.0 Å². The molecule has 0 aromatic rings. The molecule has 3 N–H and O–H groups in total. The van der Waals surface area contributed by atoms with Gasteiger partial charge in [-0.25, -0.2) is 8.42 Å². The molecule has 0 aromatic carbocycles. The summed E-state index contributed by atoms with van der Waals surface area (Å²) in [6.07, 6.45) is 2.41. The number of carbonyl (C=O) groups is 2. The first-order valence-electron chi connectivity index (χ1n) is 14.6. The Kier molecular flexibility index (Phi) is 22.9. The maximum atomic E-state index is 12.4. The van der Waals surface area contributed by atoms with Crippen LogP contribution < -0.4 is 29.6 Å². The number of aliphatic hydroxyl groups is 3. The van der Waals surface area contributed by atoms with Crippen molar-refractivity contribution in [1.29, 1.82) is 0 Å². The van der Waals surface area contributed by atoms with Crippen LogP contribution in [0.2, 0.25) is 0 Å². The van der Waals surface area contributed by atoms with E-state index in [0.29, 0.717) is 12.8 Å². The van der Waals surface area contributed by atoms with Crippen LogP contribution in [0.25, 0.3) is 0 Å². The molecular formula is C27H49NaO12S. The Morgan fingerprint density at radius 3 is 1.83 bits per heavy atom. The molecule has 0 saturated carbocycles. The van der Waals surface area contributed by atoms with Crippen LogP contribution in [0.5, 0.6) is 0 Å². The zero-order valence-corrected chi connectivity index (χ0v) is 27.7. The molecule has 1 aliphatic heterocycles. The summed E-state index contributed by atoms with van der Waals surface area (Å²) in [6, 6.07) is 0. The Bertz CT molecular complexity index is 812. The van der Waals surface area contributed by atoms with Crippen molar-refractivity contribution in [3.05, 3.63) is 0 Å². The van der Waals surface area contributed by atoms with Gasteiger partial charge in [0.1, 0.15) is 31.0 Å². The van der Waals surface area contributed by atoms with Gasteiger partial charge in [-0.15, -0.1) is 0 Å². The average Bonchev–Trinajstić information content (AvgIpc) is 2.89. The maximum absolute atomic E-state index is 12.4. The van der Waals surface area contributed by atoms with Crippen molar-refractivity contribution in [3.8, 4) is 0 Å². The summed E-state index contributed by atoms with van der Waals surface area (Å²) in [6.45, 7) is 3.50. The minimum atomic E-state index is -4.83. The monoisotopic (exact) mass is 620 g/mol. The quantitative estimate of drug-likeness (QED) is 0.0599. The van der Waals surface area contributed by atoms with Crippen molar-refractivity contribution in [2.24, 2.45) is 0 Å². The molecule has 0 amide bonds. The summed E-state index contributed by atoms with van der Waals surface area (Å²) in [5.74, 6) is -2.13. The molecule has 12 nitrogen and oxygen atoms in total. The van der Waals surface area contributed by atoms with Crippen LogP contribution in [0.1, 0.15) is 104 Å². The van der Waals surface area contributed by atoms with Crippen LogP contribution in [0.4, 0.5) is 0 Å². The van der Waals surface area contributed by atoms with Crippen molar-refractivity contribution < 1.29 is 86.4 Å². The number of carbonyl (C=O) groups excluding carboxylic acids is 2. The number of esters is 2. The average molecular weight is 621 g/mol. The zero-order chi connectivity index (χ0) is 30.0. The topological polar surface area (TPSA) is 189 Å². The molecule has 1 fully saturated rings. The van der Waals surface area contributed by atoms with Gasteiger partial charge in [-0.05, 0) is 12.8 Å². The van der Waals surface area contributed by atoms with E-state index >= 15 is 0 Å². The minimum Gasteiger partial charge on any atom is -0.748 e. The summed E-state index contributed by atoms with van der Waals surface area (Å²) < 4.78 is 54.8. The van der Waals surface area contributed by atoms with E-state index in [-0.39, 0.29) is 49.0 Å². The second-order valence-electron chi connectivity index (χ2n) is 10.4. The number of aliphatic hydroxyl groups excluding tert-OH is 3.